The molecule has 0 heterocycles. The molecule has 0 aliphatic rings. The standard InChI is InChI=1S/C18H20F2O2/c1-11(2)14-6-15(19)9-16(7-14)22-10-12(3)13-4-5-17(20)18(21)8-13/h4-9,11-12,21H,10H2,1-3H3. The van der Waals surface area contributed by atoms with Crippen LogP contribution in [0.3, 0.4) is 0 Å². The zero-order chi connectivity index (χ0) is 16.3. The molecular weight excluding hydrogens is 286 g/mol. The Balaban J connectivity index is 2.07. The highest BCUT2D eigenvalue weighted by Crippen LogP contribution is 2.26. The van der Waals surface area contributed by atoms with Gasteiger partial charge in [-0.2, -0.15) is 0 Å². The van der Waals surface area contributed by atoms with Crippen LogP contribution in [0.15, 0.2) is 36.4 Å². The molecule has 0 aliphatic carbocycles. The first-order chi connectivity index (χ1) is 10.4. The lowest BCUT2D eigenvalue weighted by Crippen LogP contribution is -2.07. The summed E-state index contributed by atoms with van der Waals surface area (Å²) in [7, 11) is 0. The Bertz CT molecular complexity index is 654. The number of aromatic hydroxyl groups is 1. The first-order valence-corrected chi connectivity index (χ1v) is 7.28. The minimum absolute atomic E-state index is 0.0581. The third-order valence-corrected chi connectivity index (χ3v) is 3.60. The number of halogens is 2. The van der Waals surface area contributed by atoms with E-state index in [0.717, 1.165) is 11.1 Å². The van der Waals surface area contributed by atoms with Gasteiger partial charge in [-0.15, -0.1) is 0 Å². The van der Waals surface area contributed by atoms with Gasteiger partial charge in [-0.25, -0.2) is 8.78 Å². The van der Waals surface area contributed by atoms with E-state index in [9.17, 15) is 13.9 Å². The van der Waals surface area contributed by atoms with Crippen LogP contribution in [0.25, 0.3) is 0 Å². The number of phenols is 1. The van der Waals surface area contributed by atoms with Crippen LogP contribution in [-0.4, -0.2) is 11.7 Å². The Morgan fingerprint density at radius 2 is 1.73 bits per heavy atom. The highest BCUT2D eigenvalue weighted by molar-refractivity contribution is 5.33. The summed E-state index contributed by atoms with van der Waals surface area (Å²) in [4.78, 5) is 0. The fourth-order valence-electron chi connectivity index (χ4n) is 2.15. The Labute approximate surface area is 129 Å². The van der Waals surface area contributed by atoms with Gasteiger partial charge in [0.05, 0.1) is 6.61 Å². The van der Waals surface area contributed by atoms with Crippen molar-refractivity contribution < 1.29 is 18.6 Å². The number of rotatable bonds is 5. The Kier molecular flexibility index (Phi) is 5.01. The van der Waals surface area contributed by atoms with Crippen molar-refractivity contribution in [3.63, 3.8) is 0 Å². The van der Waals surface area contributed by atoms with Gasteiger partial charge in [-0.05, 0) is 41.3 Å². The monoisotopic (exact) mass is 306 g/mol. The van der Waals surface area contributed by atoms with E-state index in [1.54, 1.807) is 6.07 Å². The Morgan fingerprint density at radius 3 is 2.36 bits per heavy atom. The molecule has 0 amide bonds. The van der Waals surface area contributed by atoms with Crippen LogP contribution in [0.1, 0.15) is 43.7 Å². The maximum Gasteiger partial charge on any atom is 0.164 e. The van der Waals surface area contributed by atoms with Crippen molar-refractivity contribution in [1.29, 1.82) is 0 Å². The average Bonchev–Trinajstić information content (AvgIpc) is 2.47. The molecule has 1 atom stereocenters. The fourth-order valence-corrected chi connectivity index (χ4v) is 2.15. The highest BCUT2D eigenvalue weighted by Gasteiger charge is 2.11. The lowest BCUT2D eigenvalue weighted by atomic mass is 10.0. The molecule has 118 valence electrons. The summed E-state index contributed by atoms with van der Waals surface area (Å²) in [6.45, 7) is 6.19. The second-order valence-electron chi connectivity index (χ2n) is 5.80. The van der Waals surface area contributed by atoms with E-state index in [2.05, 4.69) is 0 Å². The highest BCUT2D eigenvalue weighted by atomic mass is 19.1. The summed E-state index contributed by atoms with van der Waals surface area (Å²) in [6, 6.07) is 8.88. The van der Waals surface area contributed by atoms with Gasteiger partial charge >= 0.3 is 0 Å². The zero-order valence-corrected chi connectivity index (χ0v) is 12.9. The van der Waals surface area contributed by atoms with Crippen molar-refractivity contribution in [3.8, 4) is 11.5 Å². The quantitative estimate of drug-likeness (QED) is 0.844. The third-order valence-electron chi connectivity index (χ3n) is 3.60. The second kappa shape index (κ2) is 6.77. The molecule has 0 spiro atoms. The molecule has 0 saturated carbocycles. The maximum absolute atomic E-state index is 13.6. The second-order valence-corrected chi connectivity index (χ2v) is 5.80. The van der Waals surface area contributed by atoms with Gasteiger partial charge in [0.2, 0.25) is 0 Å². The molecule has 2 nitrogen and oxygen atoms in total. The lowest BCUT2D eigenvalue weighted by Gasteiger charge is -2.15. The molecule has 0 aromatic heterocycles. The van der Waals surface area contributed by atoms with E-state index in [-0.39, 0.29) is 23.4 Å². The molecular formula is C18H20F2O2. The van der Waals surface area contributed by atoms with Crippen molar-refractivity contribution in [1.82, 2.24) is 0 Å². The van der Waals surface area contributed by atoms with Crippen molar-refractivity contribution >= 4 is 0 Å². The molecule has 4 heteroatoms. The van der Waals surface area contributed by atoms with Crippen LogP contribution in [0.5, 0.6) is 11.5 Å². The van der Waals surface area contributed by atoms with E-state index < -0.39 is 5.82 Å². The summed E-state index contributed by atoms with van der Waals surface area (Å²) < 4.78 is 32.3. The summed E-state index contributed by atoms with van der Waals surface area (Å²) in [5.41, 5.74) is 1.64. The molecule has 2 rings (SSSR count). The normalized spacial score (nSPS) is 12.5. The van der Waals surface area contributed by atoms with E-state index in [0.29, 0.717) is 12.4 Å². The SMILES string of the molecule is CC(C)c1cc(F)cc(OCC(C)c2ccc(F)c(O)c2)c1. The van der Waals surface area contributed by atoms with Crippen LogP contribution in [0.4, 0.5) is 8.78 Å². The lowest BCUT2D eigenvalue weighted by molar-refractivity contribution is 0.293. The Hall–Kier alpha value is -2.10. The van der Waals surface area contributed by atoms with Gasteiger partial charge in [-0.3, -0.25) is 0 Å². The van der Waals surface area contributed by atoms with Crippen molar-refractivity contribution in [2.45, 2.75) is 32.6 Å². The number of hydrogen-bond donors (Lipinski definition) is 1. The molecule has 22 heavy (non-hydrogen) atoms. The van der Waals surface area contributed by atoms with Crippen LogP contribution in [0, 0.1) is 11.6 Å². The molecule has 0 saturated heterocycles. The predicted octanol–water partition coefficient (Wildman–Crippen LogP) is 4.98. The molecule has 0 radical (unpaired) electrons. The molecule has 0 fully saturated rings. The van der Waals surface area contributed by atoms with Gasteiger partial charge in [-0.1, -0.05) is 26.8 Å². The molecule has 2 aromatic carbocycles. The van der Waals surface area contributed by atoms with Gasteiger partial charge in [0.15, 0.2) is 11.6 Å². The topological polar surface area (TPSA) is 29.5 Å². The fraction of sp³-hybridized carbons (Fsp3) is 0.333. The molecule has 2 aromatic rings. The largest absolute Gasteiger partial charge is 0.505 e. The summed E-state index contributed by atoms with van der Waals surface area (Å²) >= 11 is 0. The van der Waals surface area contributed by atoms with Crippen molar-refractivity contribution in [3.05, 3.63) is 59.2 Å². The third kappa shape index (κ3) is 3.97. The predicted molar refractivity (Wildman–Crippen MR) is 82.5 cm³/mol. The van der Waals surface area contributed by atoms with Crippen LogP contribution >= 0.6 is 0 Å². The average molecular weight is 306 g/mol. The number of benzene rings is 2. The van der Waals surface area contributed by atoms with E-state index in [4.69, 9.17) is 4.74 Å². The van der Waals surface area contributed by atoms with Crippen LogP contribution in [0.2, 0.25) is 0 Å². The first-order valence-electron chi connectivity index (χ1n) is 7.28. The van der Waals surface area contributed by atoms with Gasteiger partial charge in [0, 0.05) is 12.0 Å². The minimum atomic E-state index is -0.649. The van der Waals surface area contributed by atoms with Gasteiger partial charge in [0.25, 0.3) is 0 Å². The van der Waals surface area contributed by atoms with Crippen LogP contribution in [-0.2, 0) is 0 Å². The zero-order valence-electron chi connectivity index (χ0n) is 12.9. The Morgan fingerprint density at radius 1 is 1.00 bits per heavy atom. The van der Waals surface area contributed by atoms with Gasteiger partial charge < -0.3 is 9.84 Å². The summed E-state index contributed by atoms with van der Waals surface area (Å²) in [6.07, 6.45) is 0. The van der Waals surface area contributed by atoms with Crippen LogP contribution < -0.4 is 4.74 Å². The maximum atomic E-state index is 13.6. The summed E-state index contributed by atoms with van der Waals surface area (Å²) in [5.74, 6) is -0.724. The van der Waals surface area contributed by atoms with E-state index in [1.807, 2.05) is 26.8 Å². The number of phenolic OH excluding ortho intramolecular Hbond substituents is 1. The van der Waals surface area contributed by atoms with Crippen molar-refractivity contribution in [2.24, 2.45) is 0 Å². The van der Waals surface area contributed by atoms with Gasteiger partial charge in [0.1, 0.15) is 11.6 Å². The number of hydrogen-bond acceptors (Lipinski definition) is 2. The van der Waals surface area contributed by atoms with Crippen molar-refractivity contribution in [2.75, 3.05) is 6.61 Å². The molecule has 0 aliphatic heterocycles. The molecule has 1 N–H and O–H groups in total. The van der Waals surface area contributed by atoms with E-state index in [1.165, 1.54) is 24.3 Å². The number of ether oxygens (including phenoxy) is 1. The molecule has 1 unspecified atom stereocenters. The minimum Gasteiger partial charge on any atom is -0.505 e. The smallest absolute Gasteiger partial charge is 0.164 e. The molecule has 0 bridgehead atoms. The summed E-state index contributed by atoms with van der Waals surface area (Å²) in [5, 5.41) is 9.40. The first kappa shape index (κ1) is 16.3. The van der Waals surface area contributed by atoms with E-state index >= 15 is 0 Å².